The first-order valence-electron chi connectivity index (χ1n) is 9.11. The summed E-state index contributed by atoms with van der Waals surface area (Å²) < 4.78 is 5.62. The fourth-order valence-electron chi connectivity index (χ4n) is 2.86. The molecule has 0 saturated heterocycles. The summed E-state index contributed by atoms with van der Waals surface area (Å²) in [5.41, 5.74) is 3.56. The van der Waals surface area contributed by atoms with Gasteiger partial charge in [0.15, 0.2) is 0 Å². The molecule has 1 amide bonds. The SMILES string of the molecule is O=C(Oc1ccc2ccccc2c1C=NNC(=O)c1cnccn1)c1ccccc1. The molecule has 0 atom stereocenters. The van der Waals surface area contributed by atoms with E-state index in [1.165, 1.54) is 24.8 Å². The van der Waals surface area contributed by atoms with Gasteiger partial charge in [0.05, 0.1) is 18.0 Å². The molecule has 146 valence electrons. The minimum Gasteiger partial charge on any atom is -0.422 e. The third-order valence-corrected chi connectivity index (χ3v) is 4.30. The van der Waals surface area contributed by atoms with E-state index in [-0.39, 0.29) is 5.69 Å². The Kier molecular flexibility index (Phi) is 5.52. The molecule has 4 rings (SSSR count). The molecular formula is C23H16N4O3. The molecule has 0 bridgehead atoms. The molecule has 4 aromatic rings. The predicted molar refractivity (Wildman–Crippen MR) is 112 cm³/mol. The summed E-state index contributed by atoms with van der Waals surface area (Å²) in [6, 6.07) is 19.9. The van der Waals surface area contributed by atoms with Crippen LogP contribution in [0.25, 0.3) is 10.8 Å². The van der Waals surface area contributed by atoms with Crippen molar-refractivity contribution in [2.45, 2.75) is 0 Å². The number of nitrogens with zero attached hydrogens (tertiary/aromatic N) is 3. The second kappa shape index (κ2) is 8.74. The van der Waals surface area contributed by atoms with Gasteiger partial charge in [-0.1, -0.05) is 48.5 Å². The van der Waals surface area contributed by atoms with Crippen molar-refractivity contribution in [2.75, 3.05) is 0 Å². The summed E-state index contributed by atoms with van der Waals surface area (Å²) in [4.78, 5) is 32.4. The highest BCUT2D eigenvalue weighted by molar-refractivity contribution is 6.04. The van der Waals surface area contributed by atoms with Crippen LogP contribution in [0.15, 0.2) is 90.4 Å². The minimum atomic E-state index is -0.498. The van der Waals surface area contributed by atoms with Gasteiger partial charge >= 0.3 is 5.97 Å². The lowest BCUT2D eigenvalue weighted by atomic mass is 10.0. The zero-order valence-electron chi connectivity index (χ0n) is 15.7. The maximum absolute atomic E-state index is 12.5. The number of esters is 1. The van der Waals surface area contributed by atoms with Gasteiger partial charge in [-0.05, 0) is 29.0 Å². The number of benzene rings is 3. The monoisotopic (exact) mass is 396 g/mol. The van der Waals surface area contributed by atoms with Gasteiger partial charge < -0.3 is 4.74 Å². The van der Waals surface area contributed by atoms with Crippen LogP contribution in [0.4, 0.5) is 0 Å². The van der Waals surface area contributed by atoms with Crippen molar-refractivity contribution in [3.05, 3.63) is 102 Å². The predicted octanol–water partition coefficient (Wildman–Crippen LogP) is 3.61. The topological polar surface area (TPSA) is 93.5 Å². The smallest absolute Gasteiger partial charge is 0.343 e. The molecule has 1 heterocycles. The van der Waals surface area contributed by atoms with Crippen LogP contribution in [0.3, 0.4) is 0 Å². The molecule has 3 aromatic carbocycles. The fraction of sp³-hybridized carbons (Fsp3) is 0. The molecule has 7 heteroatoms. The normalized spacial score (nSPS) is 10.8. The number of rotatable bonds is 5. The first-order valence-corrected chi connectivity index (χ1v) is 9.11. The average Bonchev–Trinajstić information content (AvgIpc) is 2.81. The molecule has 7 nitrogen and oxygen atoms in total. The summed E-state index contributed by atoms with van der Waals surface area (Å²) >= 11 is 0. The molecule has 0 spiro atoms. The molecular weight excluding hydrogens is 380 g/mol. The fourth-order valence-corrected chi connectivity index (χ4v) is 2.86. The first kappa shape index (κ1) is 18.9. The molecule has 30 heavy (non-hydrogen) atoms. The zero-order chi connectivity index (χ0) is 20.8. The Bertz CT molecular complexity index is 1230. The number of nitrogens with one attached hydrogen (secondary N) is 1. The third-order valence-electron chi connectivity index (χ3n) is 4.30. The first-order chi connectivity index (χ1) is 14.7. The number of hydrogen-bond acceptors (Lipinski definition) is 6. The second-order valence-corrected chi connectivity index (χ2v) is 6.24. The standard InChI is InChI=1S/C23H16N4O3/c28-22(20-15-24-12-13-25-20)27-26-14-19-18-9-5-4-6-16(18)10-11-21(19)30-23(29)17-7-2-1-3-8-17/h1-15H,(H,27,28). The quantitative estimate of drug-likeness (QED) is 0.241. The molecule has 0 unspecified atom stereocenters. The van der Waals surface area contributed by atoms with Crippen LogP contribution >= 0.6 is 0 Å². The van der Waals surface area contributed by atoms with Crippen molar-refractivity contribution in [2.24, 2.45) is 5.10 Å². The van der Waals surface area contributed by atoms with Crippen LogP contribution in [0.5, 0.6) is 5.75 Å². The Morgan fingerprint density at radius 2 is 1.73 bits per heavy atom. The lowest BCUT2D eigenvalue weighted by Crippen LogP contribution is -2.19. The lowest BCUT2D eigenvalue weighted by molar-refractivity contribution is 0.0734. The Labute approximate surface area is 172 Å². The summed E-state index contributed by atoms with van der Waals surface area (Å²) in [6.45, 7) is 0. The van der Waals surface area contributed by atoms with Crippen molar-refractivity contribution < 1.29 is 14.3 Å². The van der Waals surface area contributed by atoms with Gasteiger partial charge in [-0.3, -0.25) is 9.78 Å². The van der Waals surface area contributed by atoms with Gasteiger partial charge in [0.1, 0.15) is 11.4 Å². The number of carbonyl (C=O) groups is 2. The maximum atomic E-state index is 12.5. The van der Waals surface area contributed by atoms with E-state index in [0.717, 1.165) is 10.8 Å². The van der Waals surface area contributed by atoms with E-state index in [4.69, 9.17) is 4.74 Å². The van der Waals surface area contributed by atoms with Crippen LogP contribution in [0.2, 0.25) is 0 Å². The van der Waals surface area contributed by atoms with Crippen molar-refractivity contribution >= 4 is 28.9 Å². The van der Waals surface area contributed by atoms with Crippen LogP contribution in [-0.2, 0) is 0 Å². The zero-order valence-corrected chi connectivity index (χ0v) is 15.7. The molecule has 0 radical (unpaired) electrons. The summed E-state index contributed by atoms with van der Waals surface area (Å²) in [5.74, 6) is -0.647. The van der Waals surface area contributed by atoms with Crippen LogP contribution in [-0.4, -0.2) is 28.1 Å². The van der Waals surface area contributed by atoms with Crippen molar-refractivity contribution in [3.8, 4) is 5.75 Å². The van der Waals surface area contributed by atoms with Crippen molar-refractivity contribution in [1.82, 2.24) is 15.4 Å². The van der Waals surface area contributed by atoms with E-state index < -0.39 is 11.9 Å². The number of aromatic nitrogens is 2. The van der Waals surface area contributed by atoms with Gasteiger partial charge in [-0.25, -0.2) is 15.2 Å². The van der Waals surface area contributed by atoms with Crippen LogP contribution < -0.4 is 10.2 Å². The Balaban J connectivity index is 1.64. The van der Waals surface area contributed by atoms with Crippen LogP contribution in [0.1, 0.15) is 26.4 Å². The van der Waals surface area contributed by atoms with E-state index >= 15 is 0 Å². The van der Waals surface area contributed by atoms with E-state index in [2.05, 4.69) is 20.5 Å². The minimum absolute atomic E-state index is 0.142. The second-order valence-electron chi connectivity index (χ2n) is 6.24. The third kappa shape index (κ3) is 4.20. The number of ether oxygens (including phenoxy) is 1. The van der Waals surface area contributed by atoms with E-state index in [1.54, 1.807) is 30.3 Å². The number of hydrogen-bond donors (Lipinski definition) is 1. The van der Waals surface area contributed by atoms with Gasteiger partial charge in [0.2, 0.25) is 0 Å². The largest absolute Gasteiger partial charge is 0.422 e. The maximum Gasteiger partial charge on any atom is 0.343 e. The molecule has 1 aromatic heterocycles. The molecule has 1 N–H and O–H groups in total. The number of carbonyl (C=O) groups excluding carboxylic acids is 2. The highest BCUT2D eigenvalue weighted by Crippen LogP contribution is 2.27. The number of hydrazone groups is 1. The van der Waals surface area contributed by atoms with E-state index in [1.807, 2.05) is 36.4 Å². The summed E-state index contributed by atoms with van der Waals surface area (Å²) in [7, 11) is 0. The molecule has 0 aliphatic rings. The molecule has 0 aliphatic heterocycles. The lowest BCUT2D eigenvalue weighted by Gasteiger charge is -2.10. The average molecular weight is 396 g/mol. The Morgan fingerprint density at radius 1 is 0.933 bits per heavy atom. The highest BCUT2D eigenvalue weighted by Gasteiger charge is 2.13. The van der Waals surface area contributed by atoms with Gasteiger partial charge in [-0.15, -0.1) is 0 Å². The number of fused-ring (bicyclic) bond motifs is 1. The summed E-state index contributed by atoms with van der Waals surface area (Å²) in [5, 5.41) is 5.80. The molecule has 0 aliphatic carbocycles. The Hall–Kier alpha value is -4.39. The number of amides is 1. The van der Waals surface area contributed by atoms with Gasteiger partial charge in [-0.2, -0.15) is 5.10 Å². The molecule has 0 saturated carbocycles. The van der Waals surface area contributed by atoms with Gasteiger partial charge in [0.25, 0.3) is 5.91 Å². The Morgan fingerprint density at radius 3 is 2.53 bits per heavy atom. The van der Waals surface area contributed by atoms with Gasteiger partial charge in [0, 0.05) is 18.0 Å². The van der Waals surface area contributed by atoms with E-state index in [0.29, 0.717) is 16.9 Å². The highest BCUT2D eigenvalue weighted by atomic mass is 16.5. The van der Waals surface area contributed by atoms with E-state index in [9.17, 15) is 9.59 Å². The van der Waals surface area contributed by atoms with Crippen LogP contribution in [0, 0.1) is 0 Å². The summed E-state index contributed by atoms with van der Waals surface area (Å²) in [6.07, 6.45) is 5.69. The van der Waals surface area contributed by atoms with Crippen molar-refractivity contribution in [1.29, 1.82) is 0 Å². The van der Waals surface area contributed by atoms with Crippen molar-refractivity contribution in [3.63, 3.8) is 0 Å². The molecule has 0 fully saturated rings.